The van der Waals surface area contributed by atoms with E-state index in [2.05, 4.69) is 0 Å². The number of rotatable bonds is 3. The zero-order chi connectivity index (χ0) is 11.5. The number of carbonyl (C=O) groups excluding carboxylic acids is 1. The second-order valence-electron chi connectivity index (χ2n) is 4.26. The maximum atomic E-state index is 11.2. The van der Waals surface area contributed by atoms with E-state index < -0.39 is 0 Å². The fraction of sp³-hybridized carbons (Fsp3) is 0.462. The Morgan fingerprint density at radius 2 is 2.06 bits per heavy atom. The van der Waals surface area contributed by atoms with Crippen molar-refractivity contribution in [1.82, 2.24) is 0 Å². The Kier molecular flexibility index (Phi) is 3.13. The molecule has 0 atom stereocenters. The molecule has 1 fully saturated rings. The Hall–Kier alpha value is -1.51. The van der Waals surface area contributed by atoms with Gasteiger partial charge in [0.25, 0.3) is 0 Å². The molecular formula is C13H16O3. The van der Waals surface area contributed by atoms with Crippen LogP contribution in [0, 0.1) is 0 Å². The predicted molar refractivity (Wildman–Crippen MR) is 61.0 cm³/mol. The van der Waals surface area contributed by atoms with Crippen molar-refractivity contribution in [2.24, 2.45) is 0 Å². The van der Waals surface area contributed by atoms with Crippen LogP contribution >= 0.6 is 0 Å². The van der Waals surface area contributed by atoms with E-state index in [-0.39, 0.29) is 17.6 Å². The summed E-state index contributed by atoms with van der Waals surface area (Å²) in [6.07, 6.45) is 4.61. The molecule has 3 heteroatoms. The lowest BCUT2D eigenvalue weighted by Gasteiger charge is -2.14. The predicted octanol–water partition coefficient (Wildman–Crippen LogP) is 2.92. The summed E-state index contributed by atoms with van der Waals surface area (Å²) in [4.78, 5) is 11.2. The molecule has 1 aromatic rings. The third-order valence-corrected chi connectivity index (χ3v) is 2.96. The minimum atomic E-state index is -0.0173. The summed E-state index contributed by atoms with van der Waals surface area (Å²) < 4.78 is 5.69. The Balaban J connectivity index is 2.17. The SMILES string of the molecule is CC(=O)c1ccc(O)c(OC2CCCC2)c1. The van der Waals surface area contributed by atoms with Gasteiger partial charge in [-0.25, -0.2) is 0 Å². The molecule has 0 saturated heterocycles. The lowest BCUT2D eigenvalue weighted by molar-refractivity contribution is 0.101. The van der Waals surface area contributed by atoms with Crippen LogP contribution in [0.15, 0.2) is 18.2 Å². The van der Waals surface area contributed by atoms with E-state index in [0.29, 0.717) is 11.3 Å². The number of ketones is 1. The van der Waals surface area contributed by atoms with Gasteiger partial charge in [-0.15, -0.1) is 0 Å². The quantitative estimate of drug-likeness (QED) is 0.797. The van der Waals surface area contributed by atoms with Crippen LogP contribution < -0.4 is 4.74 Å². The van der Waals surface area contributed by atoms with E-state index in [1.807, 2.05) is 0 Å². The molecule has 0 radical (unpaired) electrons. The van der Waals surface area contributed by atoms with Gasteiger partial charge in [0.05, 0.1) is 6.10 Å². The van der Waals surface area contributed by atoms with E-state index in [9.17, 15) is 9.90 Å². The van der Waals surface area contributed by atoms with E-state index >= 15 is 0 Å². The van der Waals surface area contributed by atoms with E-state index in [4.69, 9.17) is 4.74 Å². The highest BCUT2D eigenvalue weighted by Gasteiger charge is 2.18. The first-order chi connectivity index (χ1) is 7.66. The average molecular weight is 220 g/mol. The van der Waals surface area contributed by atoms with E-state index in [1.54, 1.807) is 12.1 Å². The minimum absolute atomic E-state index is 0.0173. The second-order valence-corrected chi connectivity index (χ2v) is 4.26. The highest BCUT2D eigenvalue weighted by molar-refractivity contribution is 5.94. The van der Waals surface area contributed by atoms with Gasteiger partial charge in [-0.3, -0.25) is 4.79 Å². The molecule has 1 saturated carbocycles. The molecule has 1 aliphatic rings. The topological polar surface area (TPSA) is 46.5 Å². The minimum Gasteiger partial charge on any atom is -0.504 e. The van der Waals surface area contributed by atoms with Gasteiger partial charge in [0.15, 0.2) is 17.3 Å². The number of Topliss-reactive ketones (excluding diaryl/α,β-unsaturated/α-hetero) is 1. The second kappa shape index (κ2) is 4.56. The van der Waals surface area contributed by atoms with Crippen LogP contribution in [0.25, 0.3) is 0 Å². The molecule has 86 valence electrons. The summed E-state index contributed by atoms with van der Waals surface area (Å²) in [5, 5.41) is 9.64. The molecule has 0 unspecified atom stereocenters. The molecule has 1 N–H and O–H groups in total. The molecule has 2 rings (SSSR count). The van der Waals surface area contributed by atoms with Crippen molar-refractivity contribution in [3.63, 3.8) is 0 Å². The maximum absolute atomic E-state index is 11.2. The lowest BCUT2D eigenvalue weighted by Crippen LogP contribution is -2.11. The molecule has 0 bridgehead atoms. The molecule has 3 nitrogen and oxygen atoms in total. The van der Waals surface area contributed by atoms with Crippen molar-refractivity contribution in [3.05, 3.63) is 23.8 Å². The monoisotopic (exact) mass is 220 g/mol. The van der Waals surface area contributed by atoms with E-state index in [0.717, 1.165) is 12.8 Å². The summed E-state index contributed by atoms with van der Waals surface area (Å²) in [5.74, 6) is 0.521. The number of carbonyl (C=O) groups is 1. The van der Waals surface area contributed by atoms with Gasteiger partial charge in [0.2, 0.25) is 0 Å². The van der Waals surface area contributed by atoms with Gasteiger partial charge >= 0.3 is 0 Å². The number of phenolic OH excluding ortho intramolecular Hbond substituents is 1. The number of hydrogen-bond donors (Lipinski definition) is 1. The average Bonchev–Trinajstić information content (AvgIpc) is 2.73. The molecule has 0 aliphatic heterocycles. The molecule has 0 spiro atoms. The summed E-state index contributed by atoms with van der Waals surface area (Å²) in [6, 6.07) is 4.75. The number of phenols is 1. The largest absolute Gasteiger partial charge is 0.504 e. The Bertz CT molecular complexity index is 392. The van der Waals surface area contributed by atoms with E-state index in [1.165, 1.54) is 25.8 Å². The molecular weight excluding hydrogens is 204 g/mol. The highest BCUT2D eigenvalue weighted by atomic mass is 16.5. The van der Waals surface area contributed by atoms with Gasteiger partial charge in [-0.2, -0.15) is 0 Å². The maximum Gasteiger partial charge on any atom is 0.162 e. The van der Waals surface area contributed by atoms with Gasteiger partial charge < -0.3 is 9.84 Å². The molecule has 0 amide bonds. The summed E-state index contributed by atoms with van der Waals surface area (Å²) in [6.45, 7) is 1.51. The van der Waals surface area contributed by atoms with Crippen LogP contribution in [-0.2, 0) is 0 Å². The lowest BCUT2D eigenvalue weighted by atomic mass is 10.1. The Labute approximate surface area is 95.0 Å². The third-order valence-electron chi connectivity index (χ3n) is 2.96. The molecule has 1 aromatic carbocycles. The van der Waals surface area contributed by atoms with Crippen LogP contribution in [0.3, 0.4) is 0 Å². The molecule has 0 aromatic heterocycles. The fourth-order valence-electron chi connectivity index (χ4n) is 2.01. The van der Waals surface area contributed by atoms with Crippen LogP contribution in [0.1, 0.15) is 43.0 Å². The number of ether oxygens (including phenoxy) is 1. The van der Waals surface area contributed by atoms with Crippen molar-refractivity contribution < 1.29 is 14.6 Å². The van der Waals surface area contributed by atoms with Crippen LogP contribution in [0.4, 0.5) is 0 Å². The zero-order valence-corrected chi connectivity index (χ0v) is 9.40. The first kappa shape index (κ1) is 11.0. The standard InChI is InChI=1S/C13H16O3/c1-9(14)10-6-7-12(15)13(8-10)16-11-4-2-3-5-11/h6-8,11,15H,2-5H2,1H3. The first-order valence-corrected chi connectivity index (χ1v) is 5.67. The number of benzene rings is 1. The zero-order valence-electron chi connectivity index (χ0n) is 9.40. The van der Waals surface area contributed by atoms with Gasteiger partial charge in [-0.05, 0) is 50.8 Å². The van der Waals surface area contributed by atoms with Crippen LogP contribution in [0.5, 0.6) is 11.5 Å². The Morgan fingerprint density at radius 1 is 1.38 bits per heavy atom. The van der Waals surface area contributed by atoms with Crippen molar-refractivity contribution >= 4 is 5.78 Å². The van der Waals surface area contributed by atoms with Crippen molar-refractivity contribution in [1.29, 1.82) is 0 Å². The highest BCUT2D eigenvalue weighted by Crippen LogP contribution is 2.31. The van der Waals surface area contributed by atoms with Gasteiger partial charge in [0.1, 0.15) is 0 Å². The van der Waals surface area contributed by atoms with Crippen molar-refractivity contribution in [3.8, 4) is 11.5 Å². The van der Waals surface area contributed by atoms with Crippen molar-refractivity contribution in [2.45, 2.75) is 38.7 Å². The molecule has 16 heavy (non-hydrogen) atoms. The summed E-state index contributed by atoms with van der Waals surface area (Å²) in [5.41, 5.74) is 0.575. The van der Waals surface area contributed by atoms with Gasteiger partial charge in [-0.1, -0.05) is 0 Å². The van der Waals surface area contributed by atoms with Crippen LogP contribution in [0.2, 0.25) is 0 Å². The van der Waals surface area contributed by atoms with Gasteiger partial charge in [0, 0.05) is 5.56 Å². The summed E-state index contributed by atoms with van der Waals surface area (Å²) in [7, 11) is 0. The molecule has 1 aliphatic carbocycles. The number of aromatic hydroxyl groups is 1. The smallest absolute Gasteiger partial charge is 0.162 e. The first-order valence-electron chi connectivity index (χ1n) is 5.67. The fourth-order valence-corrected chi connectivity index (χ4v) is 2.01. The van der Waals surface area contributed by atoms with Crippen LogP contribution in [-0.4, -0.2) is 17.0 Å². The number of hydrogen-bond acceptors (Lipinski definition) is 3. The van der Waals surface area contributed by atoms with Crippen molar-refractivity contribution in [2.75, 3.05) is 0 Å². The Morgan fingerprint density at radius 3 is 2.69 bits per heavy atom. The summed E-state index contributed by atoms with van der Waals surface area (Å²) >= 11 is 0. The normalized spacial score (nSPS) is 16.3. The third kappa shape index (κ3) is 2.35. The molecule has 0 heterocycles.